The Morgan fingerprint density at radius 1 is 1.26 bits per heavy atom. The van der Waals surface area contributed by atoms with E-state index in [4.69, 9.17) is 15.7 Å². The summed E-state index contributed by atoms with van der Waals surface area (Å²) in [7, 11) is 0. The maximum atomic E-state index is 11.0. The second kappa shape index (κ2) is 6.53. The summed E-state index contributed by atoms with van der Waals surface area (Å²) in [4.78, 5) is 15.0. The number of pyridine rings is 1. The van der Waals surface area contributed by atoms with Crippen LogP contribution in [0.1, 0.15) is 36.1 Å². The smallest absolute Gasteiger partial charge is 0.405 e. The number of rotatable bonds is 4. The Morgan fingerprint density at radius 2 is 2.04 bits per heavy atom. The van der Waals surface area contributed by atoms with Gasteiger partial charge in [-0.1, -0.05) is 24.3 Å². The van der Waals surface area contributed by atoms with Crippen molar-refractivity contribution >= 4 is 11.9 Å². The molecule has 0 bridgehead atoms. The number of carbonyl (C=O) groups is 1. The lowest BCUT2D eigenvalue weighted by molar-refractivity contribution is 0.163. The van der Waals surface area contributed by atoms with Gasteiger partial charge in [-0.3, -0.25) is 0 Å². The number of benzene rings is 1. The van der Waals surface area contributed by atoms with E-state index in [-0.39, 0.29) is 12.1 Å². The Morgan fingerprint density at radius 3 is 2.78 bits per heavy atom. The monoisotopic (exact) mass is 314 g/mol. The van der Waals surface area contributed by atoms with Crippen LogP contribution in [0, 0.1) is 0 Å². The molecular formula is C16H18N4O3. The predicted molar refractivity (Wildman–Crippen MR) is 85.0 cm³/mol. The zero-order chi connectivity index (χ0) is 16.2. The fraction of sp³-hybridized carbons (Fsp3) is 0.250. The first-order chi connectivity index (χ1) is 11.2. The van der Waals surface area contributed by atoms with Crippen molar-refractivity contribution in [2.45, 2.75) is 25.0 Å². The first kappa shape index (κ1) is 15.1. The average molecular weight is 314 g/mol. The average Bonchev–Trinajstić information content (AvgIpc) is 2.57. The first-order valence-corrected chi connectivity index (χ1v) is 7.35. The highest BCUT2D eigenvalue weighted by molar-refractivity contribution is 5.65. The van der Waals surface area contributed by atoms with Gasteiger partial charge in [0.2, 0.25) is 0 Å². The van der Waals surface area contributed by atoms with Crippen molar-refractivity contribution in [2.24, 2.45) is 5.84 Å². The Labute approximate surface area is 133 Å². The molecule has 0 fully saturated rings. The standard InChI is InChI=1S/C16H18N4O3/c17-20-15-9-10(7-8-18-15)23-14-6-5-13(19-16(21)22)11-3-1-2-4-12(11)14/h1-4,7-9,13-14,19H,5-6,17H2,(H,18,20)(H,21,22)/t13-,14+/m0/s1. The normalized spacial score (nSPS) is 19.5. The molecule has 23 heavy (non-hydrogen) atoms. The molecule has 0 radical (unpaired) electrons. The van der Waals surface area contributed by atoms with Crippen molar-refractivity contribution in [1.29, 1.82) is 0 Å². The van der Waals surface area contributed by atoms with Gasteiger partial charge in [-0.05, 0) is 30.0 Å². The molecule has 1 aromatic carbocycles. The fourth-order valence-electron chi connectivity index (χ4n) is 2.90. The van der Waals surface area contributed by atoms with Crippen LogP contribution in [0.5, 0.6) is 5.75 Å². The van der Waals surface area contributed by atoms with Gasteiger partial charge in [0, 0.05) is 12.3 Å². The number of hydrogen-bond donors (Lipinski definition) is 4. The molecule has 1 aliphatic carbocycles. The lowest BCUT2D eigenvalue weighted by Gasteiger charge is -2.31. The topological polar surface area (TPSA) is 110 Å². The van der Waals surface area contributed by atoms with Crippen LogP contribution < -0.4 is 21.3 Å². The van der Waals surface area contributed by atoms with Crippen LogP contribution >= 0.6 is 0 Å². The van der Waals surface area contributed by atoms with E-state index in [1.807, 2.05) is 24.3 Å². The van der Waals surface area contributed by atoms with Crippen LogP contribution in [0.4, 0.5) is 10.6 Å². The zero-order valence-electron chi connectivity index (χ0n) is 12.4. The van der Waals surface area contributed by atoms with E-state index in [9.17, 15) is 4.79 Å². The summed E-state index contributed by atoms with van der Waals surface area (Å²) in [5.74, 6) is 6.55. The number of carboxylic acid groups (broad SMARTS) is 1. The highest BCUT2D eigenvalue weighted by Crippen LogP contribution is 2.38. The van der Waals surface area contributed by atoms with Crippen LogP contribution in [0.15, 0.2) is 42.6 Å². The van der Waals surface area contributed by atoms with Gasteiger partial charge >= 0.3 is 6.09 Å². The Kier molecular flexibility index (Phi) is 4.29. The molecule has 1 aliphatic rings. The van der Waals surface area contributed by atoms with E-state index in [0.29, 0.717) is 18.0 Å². The number of ether oxygens (including phenoxy) is 1. The molecule has 1 heterocycles. The van der Waals surface area contributed by atoms with Gasteiger partial charge in [0.25, 0.3) is 0 Å². The van der Waals surface area contributed by atoms with E-state index < -0.39 is 6.09 Å². The first-order valence-electron chi connectivity index (χ1n) is 7.35. The van der Waals surface area contributed by atoms with Crippen LogP contribution in [0.3, 0.4) is 0 Å². The molecule has 3 rings (SSSR count). The van der Waals surface area contributed by atoms with Gasteiger partial charge in [0.05, 0.1) is 6.04 Å². The van der Waals surface area contributed by atoms with E-state index in [1.54, 1.807) is 18.3 Å². The van der Waals surface area contributed by atoms with Crippen molar-refractivity contribution in [2.75, 3.05) is 5.43 Å². The second-order valence-electron chi connectivity index (χ2n) is 5.34. The minimum Gasteiger partial charge on any atom is -0.486 e. The number of amides is 1. The van der Waals surface area contributed by atoms with Gasteiger partial charge in [-0.2, -0.15) is 0 Å². The van der Waals surface area contributed by atoms with E-state index in [0.717, 1.165) is 17.5 Å². The molecule has 7 heteroatoms. The third-order valence-corrected chi connectivity index (χ3v) is 3.89. The number of aromatic nitrogens is 1. The maximum absolute atomic E-state index is 11.0. The van der Waals surface area contributed by atoms with Crippen molar-refractivity contribution in [3.05, 3.63) is 53.7 Å². The minimum absolute atomic E-state index is 0.133. The van der Waals surface area contributed by atoms with Crippen LogP contribution in [0.25, 0.3) is 0 Å². The predicted octanol–water partition coefficient (Wildman–Crippen LogP) is 2.59. The molecule has 1 amide bonds. The molecule has 0 spiro atoms. The molecule has 2 atom stereocenters. The summed E-state index contributed by atoms with van der Waals surface area (Å²) in [6.07, 6.45) is 1.87. The van der Waals surface area contributed by atoms with Crippen LogP contribution in [0.2, 0.25) is 0 Å². The van der Waals surface area contributed by atoms with Gasteiger partial charge in [0.15, 0.2) is 0 Å². The van der Waals surface area contributed by atoms with Crippen molar-refractivity contribution in [3.63, 3.8) is 0 Å². The quantitative estimate of drug-likeness (QED) is 0.510. The van der Waals surface area contributed by atoms with E-state index in [2.05, 4.69) is 15.7 Å². The van der Waals surface area contributed by atoms with Gasteiger partial charge in [-0.15, -0.1) is 0 Å². The number of hydrogen-bond acceptors (Lipinski definition) is 5. The summed E-state index contributed by atoms with van der Waals surface area (Å²) in [6, 6.07) is 11.0. The van der Waals surface area contributed by atoms with Gasteiger partial charge < -0.3 is 20.6 Å². The van der Waals surface area contributed by atoms with Gasteiger partial charge in [0.1, 0.15) is 17.7 Å². The summed E-state index contributed by atoms with van der Waals surface area (Å²) in [5.41, 5.74) is 4.44. The third kappa shape index (κ3) is 3.35. The second-order valence-corrected chi connectivity index (χ2v) is 5.34. The molecular weight excluding hydrogens is 296 g/mol. The Hall–Kier alpha value is -2.80. The highest BCUT2D eigenvalue weighted by Gasteiger charge is 2.29. The van der Waals surface area contributed by atoms with Gasteiger partial charge in [-0.25, -0.2) is 15.6 Å². The molecule has 2 aromatic rings. The molecule has 0 unspecified atom stereocenters. The lowest BCUT2D eigenvalue weighted by Crippen LogP contribution is -2.31. The number of nitrogens with one attached hydrogen (secondary N) is 2. The molecule has 0 saturated heterocycles. The number of hydrazine groups is 1. The highest BCUT2D eigenvalue weighted by atomic mass is 16.5. The maximum Gasteiger partial charge on any atom is 0.405 e. The summed E-state index contributed by atoms with van der Waals surface area (Å²) in [5, 5.41) is 11.5. The molecule has 0 aliphatic heterocycles. The molecule has 120 valence electrons. The minimum atomic E-state index is -1.02. The Balaban J connectivity index is 1.84. The number of anilines is 1. The number of nitrogens with two attached hydrogens (primary N) is 1. The lowest BCUT2D eigenvalue weighted by atomic mass is 9.85. The van der Waals surface area contributed by atoms with E-state index >= 15 is 0 Å². The van der Waals surface area contributed by atoms with Crippen molar-refractivity contribution in [1.82, 2.24) is 10.3 Å². The molecule has 0 saturated carbocycles. The largest absolute Gasteiger partial charge is 0.486 e. The summed E-state index contributed by atoms with van der Waals surface area (Å²) >= 11 is 0. The summed E-state index contributed by atoms with van der Waals surface area (Å²) < 4.78 is 6.07. The van der Waals surface area contributed by atoms with Crippen molar-refractivity contribution in [3.8, 4) is 5.75 Å². The molecule has 1 aromatic heterocycles. The fourth-order valence-corrected chi connectivity index (χ4v) is 2.90. The number of nitrogens with zero attached hydrogens (tertiary/aromatic N) is 1. The Bertz CT molecular complexity index is 707. The van der Waals surface area contributed by atoms with Crippen LogP contribution in [-0.4, -0.2) is 16.2 Å². The zero-order valence-corrected chi connectivity index (χ0v) is 12.4. The summed E-state index contributed by atoms with van der Waals surface area (Å²) in [6.45, 7) is 0. The molecule has 7 nitrogen and oxygen atoms in total. The molecule has 5 N–H and O–H groups in total. The van der Waals surface area contributed by atoms with Crippen molar-refractivity contribution < 1.29 is 14.6 Å². The SMILES string of the molecule is NNc1cc(O[C@@H]2CC[C@H](NC(=O)O)c3ccccc32)ccn1. The number of nitrogen functional groups attached to an aromatic ring is 1. The number of fused-ring (bicyclic) bond motifs is 1. The van der Waals surface area contributed by atoms with E-state index in [1.165, 1.54) is 0 Å². The third-order valence-electron chi connectivity index (χ3n) is 3.89. The van der Waals surface area contributed by atoms with Crippen LogP contribution in [-0.2, 0) is 0 Å².